The summed E-state index contributed by atoms with van der Waals surface area (Å²) >= 11 is 0. The molecule has 0 rings (SSSR count). The zero-order valence-electron chi connectivity index (χ0n) is 21.4. The van der Waals surface area contributed by atoms with Crippen molar-refractivity contribution in [2.45, 2.75) is 148 Å². The van der Waals surface area contributed by atoms with Crippen LogP contribution in [0.3, 0.4) is 0 Å². The number of rotatable bonds is 23. The van der Waals surface area contributed by atoms with Crippen LogP contribution in [0.2, 0.25) is 0 Å². The van der Waals surface area contributed by atoms with E-state index in [4.69, 9.17) is 4.18 Å². The minimum atomic E-state index is -4.04. The summed E-state index contributed by atoms with van der Waals surface area (Å²) in [6.07, 6.45) is 22.0. The van der Waals surface area contributed by atoms with Gasteiger partial charge in [0.15, 0.2) is 0 Å². The average Bonchev–Trinajstić information content (AvgIpc) is 2.70. The number of halogens is 1. The van der Waals surface area contributed by atoms with Gasteiger partial charge in [0, 0.05) is 0 Å². The van der Waals surface area contributed by atoms with Gasteiger partial charge in [0.2, 0.25) is 5.50 Å². The zero-order valence-corrected chi connectivity index (χ0v) is 23.3. The van der Waals surface area contributed by atoms with Crippen LogP contribution < -0.4 is 29.6 Å². The third-order valence-electron chi connectivity index (χ3n) is 5.59. The van der Waals surface area contributed by atoms with Crippen molar-refractivity contribution >= 4 is 10.1 Å². The van der Waals surface area contributed by atoms with Crippen LogP contribution in [-0.4, -0.2) is 20.5 Å². The van der Waals surface area contributed by atoms with Crippen molar-refractivity contribution in [3.63, 3.8) is 0 Å². The first-order valence-electron chi connectivity index (χ1n) is 12.6. The van der Waals surface area contributed by atoms with E-state index in [0.29, 0.717) is 12.8 Å². The van der Waals surface area contributed by atoms with Gasteiger partial charge in [0.05, 0.1) is 6.61 Å². The maximum atomic E-state index is 14.0. The predicted octanol–water partition coefficient (Wildman–Crippen LogP) is 5.59. The van der Waals surface area contributed by atoms with Gasteiger partial charge in [0.1, 0.15) is 0 Å². The standard InChI is InChI=1S/C24H49FO3S.Na.H/c1-3-5-7-9-11-13-15-17-19-21-23-28-29(26,27)24(25)22-20-18-16-14-12-10-8-6-4-2;;/h24H,3-23H2,1-2H3;;/q;+1;-1. The topological polar surface area (TPSA) is 43.4 Å². The first-order valence-corrected chi connectivity index (χ1v) is 14.0. The van der Waals surface area contributed by atoms with E-state index in [1.807, 2.05) is 0 Å². The summed E-state index contributed by atoms with van der Waals surface area (Å²) in [5.41, 5.74) is -1.87. The minimum Gasteiger partial charge on any atom is -1.00 e. The molecule has 0 saturated carbocycles. The fourth-order valence-corrected chi connectivity index (χ4v) is 4.55. The molecule has 6 heteroatoms. The van der Waals surface area contributed by atoms with Crippen molar-refractivity contribution in [1.82, 2.24) is 0 Å². The molecule has 1 unspecified atom stereocenters. The summed E-state index contributed by atoms with van der Waals surface area (Å²) in [5, 5.41) is 0. The molecule has 0 N–H and O–H groups in total. The fraction of sp³-hybridized carbons (Fsp3) is 1.00. The maximum absolute atomic E-state index is 14.0. The number of unbranched alkanes of at least 4 members (excludes halogenated alkanes) is 17. The molecule has 0 radical (unpaired) electrons. The second-order valence-corrected chi connectivity index (χ2v) is 10.3. The molecule has 0 aromatic heterocycles. The van der Waals surface area contributed by atoms with Crippen LogP contribution in [0.25, 0.3) is 0 Å². The van der Waals surface area contributed by atoms with E-state index in [2.05, 4.69) is 13.8 Å². The molecule has 0 aliphatic heterocycles. The van der Waals surface area contributed by atoms with Gasteiger partial charge >= 0.3 is 29.6 Å². The molecule has 0 aliphatic rings. The first-order chi connectivity index (χ1) is 14.0. The predicted molar refractivity (Wildman–Crippen MR) is 125 cm³/mol. The normalized spacial score (nSPS) is 12.6. The van der Waals surface area contributed by atoms with E-state index in [-0.39, 0.29) is 44.0 Å². The molecule has 0 aromatic carbocycles. The summed E-state index contributed by atoms with van der Waals surface area (Å²) < 4.78 is 42.6. The summed E-state index contributed by atoms with van der Waals surface area (Å²) in [4.78, 5) is 0. The third kappa shape index (κ3) is 22.0. The Bertz CT molecular complexity index is 439. The molecule has 178 valence electrons. The first kappa shape index (κ1) is 33.0. The SMILES string of the molecule is CCCCCCCCCCCCOS(=O)(=O)C(F)CCCCCCCCCCC.[H-].[Na+]. The second kappa shape index (κ2) is 24.5. The molecular formula is C24H50FNaO3S. The Balaban J connectivity index is -0.00000392. The van der Waals surface area contributed by atoms with E-state index >= 15 is 0 Å². The Kier molecular flexibility index (Phi) is 26.9. The van der Waals surface area contributed by atoms with Crippen LogP contribution in [0, 0.1) is 0 Å². The Labute approximate surface area is 211 Å². The van der Waals surface area contributed by atoms with Crippen molar-refractivity contribution < 1.29 is 48.0 Å². The summed E-state index contributed by atoms with van der Waals surface area (Å²) in [7, 11) is -4.04. The van der Waals surface area contributed by atoms with Crippen LogP contribution in [0.1, 0.15) is 144 Å². The van der Waals surface area contributed by atoms with E-state index in [1.54, 1.807) is 0 Å². The molecule has 0 aromatic rings. The van der Waals surface area contributed by atoms with Crippen LogP contribution in [0.5, 0.6) is 0 Å². The molecule has 0 fully saturated rings. The third-order valence-corrected chi connectivity index (χ3v) is 6.95. The number of alkyl halides is 1. The largest absolute Gasteiger partial charge is 1.00 e. The van der Waals surface area contributed by atoms with Gasteiger partial charge in [-0.3, -0.25) is 4.18 Å². The number of hydrogen-bond acceptors (Lipinski definition) is 3. The van der Waals surface area contributed by atoms with Gasteiger partial charge in [-0.05, 0) is 19.3 Å². The van der Waals surface area contributed by atoms with Gasteiger partial charge in [-0.15, -0.1) is 0 Å². The molecule has 0 amide bonds. The van der Waals surface area contributed by atoms with Gasteiger partial charge < -0.3 is 1.43 Å². The Morgan fingerprint density at radius 2 is 0.967 bits per heavy atom. The molecule has 0 saturated heterocycles. The van der Waals surface area contributed by atoms with Crippen LogP contribution in [-0.2, 0) is 14.3 Å². The number of hydrogen-bond donors (Lipinski definition) is 0. The van der Waals surface area contributed by atoms with Crippen molar-refractivity contribution in [2.24, 2.45) is 0 Å². The zero-order chi connectivity index (χ0) is 21.6. The van der Waals surface area contributed by atoms with E-state index < -0.39 is 15.6 Å². The summed E-state index contributed by atoms with van der Waals surface area (Å²) in [5.74, 6) is 0. The van der Waals surface area contributed by atoms with E-state index in [1.165, 1.54) is 83.5 Å². The van der Waals surface area contributed by atoms with Crippen LogP contribution in [0.15, 0.2) is 0 Å². The quantitative estimate of drug-likeness (QED) is 0.113. The smallest absolute Gasteiger partial charge is 1.00 e. The van der Waals surface area contributed by atoms with Crippen LogP contribution in [0.4, 0.5) is 4.39 Å². The molecule has 0 aliphatic carbocycles. The van der Waals surface area contributed by atoms with Gasteiger partial charge in [-0.1, -0.05) is 123 Å². The van der Waals surface area contributed by atoms with E-state index in [9.17, 15) is 12.8 Å². The van der Waals surface area contributed by atoms with Crippen molar-refractivity contribution in [3.8, 4) is 0 Å². The van der Waals surface area contributed by atoms with Crippen molar-refractivity contribution in [2.75, 3.05) is 6.61 Å². The monoisotopic (exact) mass is 460 g/mol. The molecule has 1 atom stereocenters. The van der Waals surface area contributed by atoms with Crippen molar-refractivity contribution in [3.05, 3.63) is 0 Å². The molecular weight excluding hydrogens is 410 g/mol. The Hall–Kier alpha value is 0.840. The van der Waals surface area contributed by atoms with E-state index in [0.717, 1.165) is 25.7 Å². The summed E-state index contributed by atoms with van der Waals surface area (Å²) in [6, 6.07) is 0. The van der Waals surface area contributed by atoms with Crippen molar-refractivity contribution in [1.29, 1.82) is 0 Å². The Morgan fingerprint density at radius 3 is 1.37 bits per heavy atom. The molecule has 0 bridgehead atoms. The van der Waals surface area contributed by atoms with Gasteiger partial charge in [0.25, 0.3) is 10.1 Å². The molecule has 0 heterocycles. The second-order valence-electron chi connectivity index (χ2n) is 8.52. The summed E-state index contributed by atoms with van der Waals surface area (Å²) in [6.45, 7) is 4.56. The van der Waals surface area contributed by atoms with Gasteiger partial charge in [-0.2, -0.15) is 8.42 Å². The molecule has 3 nitrogen and oxygen atoms in total. The minimum absolute atomic E-state index is 0. The maximum Gasteiger partial charge on any atom is 1.00 e. The average molecular weight is 461 g/mol. The van der Waals surface area contributed by atoms with Gasteiger partial charge in [-0.25, -0.2) is 4.39 Å². The van der Waals surface area contributed by atoms with Crippen LogP contribution >= 0.6 is 0 Å². The molecule has 0 spiro atoms. The molecule has 30 heavy (non-hydrogen) atoms. The Morgan fingerprint density at radius 1 is 0.633 bits per heavy atom. The fourth-order valence-electron chi connectivity index (χ4n) is 3.60.